The second kappa shape index (κ2) is 15.8. The molecule has 4 bridgehead atoms. The van der Waals surface area contributed by atoms with E-state index in [9.17, 15) is 9.59 Å². The van der Waals surface area contributed by atoms with E-state index in [1.165, 1.54) is 31.2 Å². The van der Waals surface area contributed by atoms with Gasteiger partial charge in [0.2, 0.25) is 11.8 Å². The fraction of sp³-hybridized carbons (Fsp3) is 0.595. The molecule has 4 fully saturated rings. The van der Waals surface area contributed by atoms with Gasteiger partial charge in [-0.3, -0.25) is 14.5 Å². The van der Waals surface area contributed by atoms with Crippen LogP contribution < -0.4 is 25.4 Å². The number of nitrogens with zero attached hydrogens (tertiary/aromatic N) is 3. The fourth-order valence-electron chi connectivity index (χ4n) is 9.52. The Hall–Kier alpha value is -3.71. The molecule has 1 aromatic heterocycles. The second-order valence-corrected chi connectivity index (χ2v) is 23.3. The molecule has 11 nitrogen and oxygen atoms in total. The van der Waals surface area contributed by atoms with Crippen LogP contribution in [0, 0.1) is 0 Å². The molecule has 8 rings (SSSR count). The van der Waals surface area contributed by atoms with Gasteiger partial charge in [0.05, 0.1) is 17.8 Å². The van der Waals surface area contributed by atoms with Crippen molar-refractivity contribution in [3.63, 3.8) is 0 Å². The van der Waals surface area contributed by atoms with Crippen molar-refractivity contribution in [3.05, 3.63) is 59.8 Å². The maximum Gasteiger partial charge on any atom is 0.226 e. The molecule has 0 radical (unpaired) electrons. The Balaban J connectivity index is 0.889. The molecular formula is C42H58N6O5Si. The lowest BCUT2D eigenvalue weighted by molar-refractivity contribution is -0.121. The van der Waals surface area contributed by atoms with Gasteiger partial charge in [-0.1, -0.05) is 25.7 Å². The maximum absolute atomic E-state index is 13.2. The zero-order valence-electron chi connectivity index (χ0n) is 32.4. The molecule has 7 atom stereocenters. The van der Waals surface area contributed by atoms with Crippen molar-refractivity contribution in [3.8, 4) is 28.5 Å². The van der Waals surface area contributed by atoms with Gasteiger partial charge < -0.3 is 30.2 Å². The lowest BCUT2D eigenvalue weighted by atomic mass is 9.96. The number of ether oxygens (including phenoxy) is 3. The van der Waals surface area contributed by atoms with Crippen molar-refractivity contribution in [2.24, 2.45) is 0 Å². The average Bonchev–Trinajstić information content (AvgIpc) is 3.85. The van der Waals surface area contributed by atoms with Crippen LogP contribution in [0.15, 0.2) is 48.5 Å². The van der Waals surface area contributed by atoms with Gasteiger partial charge in [0.25, 0.3) is 0 Å². The van der Waals surface area contributed by atoms with Crippen LogP contribution in [0.25, 0.3) is 11.3 Å². The number of amides is 2. The molecular weight excluding hydrogens is 697 g/mol. The molecule has 5 aliphatic rings. The van der Waals surface area contributed by atoms with Crippen molar-refractivity contribution in [1.82, 2.24) is 30.6 Å². The SMILES string of the molecule is CC(=O)NC1C[C@H]2CC[C@@H](C1)N2CC1Cc2ccc(Oc3ccc(-c4cc(CC(=O)NC5CC6CC[C@H](C5)N6)nn4COCC[Si](C)(C)C)cc3)cc2O1. The second-order valence-electron chi connectivity index (χ2n) is 17.7. The lowest BCUT2D eigenvalue weighted by Gasteiger charge is -2.40. The highest BCUT2D eigenvalue weighted by Gasteiger charge is 2.42. The molecule has 5 aliphatic heterocycles. The molecule has 6 heterocycles. The minimum Gasteiger partial charge on any atom is -0.488 e. The van der Waals surface area contributed by atoms with Crippen LogP contribution in [0.1, 0.15) is 69.5 Å². The summed E-state index contributed by atoms with van der Waals surface area (Å²) in [6.07, 6.45) is 10.1. The molecule has 290 valence electrons. The summed E-state index contributed by atoms with van der Waals surface area (Å²) in [6, 6.07) is 19.9. The van der Waals surface area contributed by atoms with Crippen LogP contribution in [0.2, 0.25) is 25.7 Å². The number of aromatic nitrogens is 2. The van der Waals surface area contributed by atoms with Crippen LogP contribution in [0.5, 0.6) is 17.2 Å². The predicted octanol–water partition coefficient (Wildman–Crippen LogP) is 6.03. The number of carbonyl (C=O) groups excluding carboxylic acids is 2. The molecule has 2 amide bonds. The quantitative estimate of drug-likeness (QED) is 0.135. The van der Waals surface area contributed by atoms with Crippen molar-refractivity contribution in [2.45, 2.75) is 146 Å². The molecule has 3 aromatic rings. The summed E-state index contributed by atoms with van der Waals surface area (Å²) in [4.78, 5) is 27.4. The van der Waals surface area contributed by atoms with Crippen LogP contribution in [-0.2, 0) is 33.9 Å². The van der Waals surface area contributed by atoms with Gasteiger partial charge in [-0.25, -0.2) is 4.68 Å². The lowest BCUT2D eigenvalue weighted by Crippen LogP contribution is -2.52. The smallest absolute Gasteiger partial charge is 0.226 e. The van der Waals surface area contributed by atoms with E-state index in [2.05, 4.69) is 46.6 Å². The van der Waals surface area contributed by atoms with E-state index in [4.69, 9.17) is 19.3 Å². The highest BCUT2D eigenvalue weighted by Crippen LogP contribution is 2.39. The van der Waals surface area contributed by atoms with E-state index in [-0.39, 0.29) is 30.4 Å². The molecule has 54 heavy (non-hydrogen) atoms. The molecule has 4 unspecified atom stereocenters. The monoisotopic (exact) mass is 754 g/mol. The summed E-state index contributed by atoms with van der Waals surface area (Å²) in [5, 5.41) is 15.0. The highest BCUT2D eigenvalue weighted by molar-refractivity contribution is 6.76. The predicted molar refractivity (Wildman–Crippen MR) is 212 cm³/mol. The molecule has 3 N–H and O–H groups in total. The Morgan fingerprint density at radius 3 is 2.31 bits per heavy atom. The normalized spacial score (nSPS) is 27.4. The van der Waals surface area contributed by atoms with Crippen LogP contribution >= 0.6 is 0 Å². The number of benzene rings is 2. The first-order chi connectivity index (χ1) is 26.0. The minimum atomic E-state index is -1.23. The van der Waals surface area contributed by atoms with Gasteiger partial charge in [0, 0.05) is 82.5 Å². The Morgan fingerprint density at radius 1 is 0.907 bits per heavy atom. The summed E-state index contributed by atoms with van der Waals surface area (Å²) in [6.45, 7) is 10.6. The van der Waals surface area contributed by atoms with Crippen molar-refractivity contribution >= 4 is 19.9 Å². The first-order valence-electron chi connectivity index (χ1n) is 20.3. The Kier molecular flexibility index (Phi) is 10.9. The summed E-state index contributed by atoms with van der Waals surface area (Å²) in [5.74, 6) is 2.48. The third-order valence-corrected chi connectivity index (χ3v) is 13.8. The topological polar surface area (TPSA) is 119 Å². The number of hydrogen-bond acceptors (Lipinski definition) is 8. The zero-order valence-corrected chi connectivity index (χ0v) is 33.4. The maximum atomic E-state index is 13.2. The third kappa shape index (κ3) is 9.04. The molecule has 0 spiro atoms. The standard InChI is InChI=1S/C42H58N6O5Si/c1-27(49)43-33-20-35-10-11-36(21-33)47(35)25-39-17-29-7-14-38(24-41(29)53-39)52-37-12-5-28(6-13-37)40-22-34(46-48(40)26-51-15-16-54(2,3)4)23-42(50)45-32-18-30-8-9-31(19-32)44-30/h5-7,12-14,22,24,30-33,35-36,39,44H,8-11,15-21,23,25-26H2,1-4H3,(H,43,49)(H,45,50)/t30-,31?,32?,33?,35-,36+,39?/m1/s1. The Labute approximate surface area is 320 Å². The van der Waals surface area contributed by atoms with Crippen molar-refractivity contribution < 1.29 is 23.8 Å². The number of carbonyl (C=O) groups is 2. The Morgan fingerprint density at radius 2 is 1.61 bits per heavy atom. The Bertz CT molecular complexity index is 1780. The van der Waals surface area contributed by atoms with Crippen LogP contribution in [0.3, 0.4) is 0 Å². The van der Waals surface area contributed by atoms with Gasteiger partial charge in [-0.05, 0) is 99.4 Å². The van der Waals surface area contributed by atoms with E-state index in [1.54, 1.807) is 6.92 Å². The van der Waals surface area contributed by atoms with Gasteiger partial charge in [0.1, 0.15) is 30.1 Å². The summed E-state index contributed by atoms with van der Waals surface area (Å²) >= 11 is 0. The van der Waals surface area contributed by atoms with Gasteiger partial charge in [0.15, 0.2) is 0 Å². The largest absolute Gasteiger partial charge is 0.488 e. The van der Waals surface area contributed by atoms with Gasteiger partial charge in [-0.15, -0.1) is 0 Å². The van der Waals surface area contributed by atoms with E-state index in [0.29, 0.717) is 43.5 Å². The number of fused-ring (bicyclic) bond motifs is 5. The molecule has 12 heteroatoms. The minimum absolute atomic E-state index is 0.0287. The number of nitrogens with one attached hydrogen (secondary N) is 3. The van der Waals surface area contributed by atoms with E-state index in [1.807, 2.05) is 47.1 Å². The molecule has 0 saturated carbocycles. The molecule has 4 saturated heterocycles. The van der Waals surface area contributed by atoms with E-state index < -0.39 is 8.07 Å². The number of piperidine rings is 2. The van der Waals surface area contributed by atoms with E-state index >= 15 is 0 Å². The summed E-state index contributed by atoms with van der Waals surface area (Å²) in [5.41, 5.74) is 3.87. The first kappa shape index (κ1) is 37.2. The van der Waals surface area contributed by atoms with Crippen LogP contribution in [0.4, 0.5) is 0 Å². The molecule has 2 aromatic carbocycles. The van der Waals surface area contributed by atoms with E-state index in [0.717, 1.165) is 78.9 Å². The van der Waals surface area contributed by atoms with Crippen LogP contribution in [-0.4, -0.2) is 90.1 Å². The summed E-state index contributed by atoms with van der Waals surface area (Å²) in [7, 11) is -1.23. The number of hydrogen-bond donors (Lipinski definition) is 3. The van der Waals surface area contributed by atoms with Gasteiger partial charge >= 0.3 is 0 Å². The molecule has 0 aliphatic carbocycles. The summed E-state index contributed by atoms with van der Waals surface area (Å²) < 4.78 is 20.8. The van der Waals surface area contributed by atoms with Crippen molar-refractivity contribution in [2.75, 3.05) is 13.2 Å². The zero-order chi connectivity index (χ0) is 37.4. The third-order valence-electron chi connectivity index (χ3n) is 12.1. The van der Waals surface area contributed by atoms with Crippen molar-refractivity contribution in [1.29, 1.82) is 0 Å². The fourth-order valence-corrected chi connectivity index (χ4v) is 10.3. The highest BCUT2D eigenvalue weighted by atomic mass is 28.3. The first-order valence-corrected chi connectivity index (χ1v) is 24.0. The van der Waals surface area contributed by atoms with Gasteiger partial charge in [-0.2, -0.15) is 5.10 Å². The number of rotatable bonds is 14. The average molecular weight is 755 g/mol.